The first-order valence-corrected chi connectivity index (χ1v) is 14.8. The summed E-state index contributed by atoms with van der Waals surface area (Å²) in [6, 6.07) is 3.61. The number of nitrogens with zero attached hydrogens (tertiary/aromatic N) is 4. The van der Waals surface area contributed by atoms with Gasteiger partial charge < -0.3 is 16.0 Å². The van der Waals surface area contributed by atoms with Crippen LogP contribution in [0.2, 0.25) is 0 Å². The van der Waals surface area contributed by atoms with E-state index < -0.39 is 0 Å². The van der Waals surface area contributed by atoms with E-state index in [9.17, 15) is 14.4 Å². The van der Waals surface area contributed by atoms with Gasteiger partial charge in [-0.05, 0) is 49.7 Å². The molecular weight excluding hydrogens is 538 g/mol. The molecule has 3 N–H and O–H groups in total. The van der Waals surface area contributed by atoms with E-state index in [0.717, 1.165) is 48.4 Å². The van der Waals surface area contributed by atoms with Gasteiger partial charge in [0.2, 0.25) is 16.9 Å². The lowest BCUT2D eigenvalue weighted by Crippen LogP contribution is -2.33. The summed E-state index contributed by atoms with van der Waals surface area (Å²) < 4.78 is 0. The van der Waals surface area contributed by atoms with Crippen LogP contribution in [-0.2, 0) is 27.2 Å². The highest BCUT2D eigenvalue weighted by atomic mass is 32.1. The molecule has 2 aromatic rings. The van der Waals surface area contributed by atoms with Crippen LogP contribution in [0.1, 0.15) is 57.2 Å². The summed E-state index contributed by atoms with van der Waals surface area (Å²) in [4.78, 5) is 36.4. The molecule has 216 valence electrons. The summed E-state index contributed by atoms with van der Waals surface area (Å²) in [5.74, 6) is 0.693. The van der Waals surface area contributed by atoms with E-state index in [4.69, 9.17) is 0 Å². The van der Waals surface area contributed by atoms with E-state index in [1.165, 1.54) is 18.3 Å². The number of unbranched alkanes of at least 4 members (excludes halogenated alkanes) is 1. The Balaban J connectivity index is 1.17. The standard InChI is InChI=1S/C30H37N7O3S/c1-19-8-6-10-23(16-19)29(40)31-18-24-11-7-9-22(20(24)2)17-27(39)33-30-37-36-28(41-30)13-5-4-12-25-14-15-26(35-34-25)32-21(3)38/h6-7,9-11,14-16,19-20,24H,4-5,8,12-13,17-18H2,1-3H3,(H,31,40)(H,32,35,38)(H,33,37,39). The maximum atomic E-state index is 12.8. The molecule has 2 heterocycles. The summed E-state index contributed by atoms with van der Waals surface area (Å²) in [6.07, 6.45) is 16.5. The normalized spacial score (nSPS) is 19.7. The van der Waals surface area contributed by atoms with E-state index in [1.54, 1.807) is 6.07 Å². The lowest BCUT2D eigenvalue weighted by molar-refractivity contribution is -0.117. The molecule has 2 aliphatic rings. The largest absolute Gasteiger partial charge is 0.351 e. The zero-order valence-electron chi connectivity index (χ0n) is 23.7. The van der Waals surface area contributed by atoms with Crippen LogP contribution in [0.25, 0.3) is 0 Å². The molecular formula is C30H37N7O3S. The number of hydrogen-bond acceptors (Lipinski definition) is 8. The lowest BCUT2D eigenvalue weighted by Gasteiger charge is -2.26. The van der Waals surface area contributed by atoms with Crippen molar-refractivity contribution in [3.63, 3.8) is 0 Å². The number of carbonyl (C=O) groups excluding carboxylic acids is 3. The second-order valence-electron chi connectivity index (χ2n) is 10.6. The number of amides is 3. The Morgan fingerprint density at radius 1 is 1.02 bits per heavy atom. The van der Waals surface area contributed by atoms with Crippen LogP contribution in [0.5, 0.6) is 0 Å². The first kappa shape index (κ1) is 30.0. The van der Waals surface area contributed by atoms with Gasteiger partial charge in [0.25, 0.3) is 5.91 Å². The van der Waals surface area contributed by atoms with Crippen molar-refractivity contribution >= 4 is 40.0 Å². The fraction of sp³-hybridized carbons (Fsp3) is 0.433. The van der Waals surface area contributed by atoms with Gasteiger partial charge in [0.05, 0.1) is 5.69 Å². The average Bonchev–Trinajstić information content (AvgIpc) is 3.38. The Bertz CT molecular complexity index is 1360. The van der Waals surface area contributed by atoms with Crippen molar-refractivity contribution in [2.24, 2.45) is 17.8 Å². The van der Waals surface area contributed by atoms with E-state index in [2.05, 4.69) is 56.3 Å². The molecule has 10 nitrogen and oxygen atoms in total. The summed E-state index contributed by atoms with van der Waals surface area (Å²) in [5.41, 5.74) is 2.60. The lowest BCUT2D eigenvalue weighted by atomic mass is 9.82. The molecule has 3 atom stereocenters. The molecule has 0 aliphatic heterocycles. The Labute approximate surface area is 244 Å². The smallest absolute Gasteiger partial charge is 0.250 e. The SMILES string of the molecule is CC(=O)Nc1ccc(CCCCc2nnc(NC(=O)CC3=CC=CC(CNC(=O)C4=CC(C)CC=C4)C3C)s2)nn1. The minimum Gasteiger partial charge on any atom is -0.351 e. The van der Waals surface area contributed by atoms with Gasteiger partial charge in [-0.3, -0.25) is 14.4 Å². The van der Waals surface area contributed by atoms with Crippen LogP contribution >= 0.6 is 11.3 Å². The second-order valence-corrected chi connectivity index (χ2v) is 11.6. The fourth-order valence-electron chi connectivity index (χ4n) is 4.76. The van der Waals surface area contributed by atoms with Crippen LogP contribution in [0.4, 0.5) is 10.9 Å². The van der Waals surface area contributed by atoms with Crippen LogP contribution < -0.4 is 16.0 Å². The maximum Gasteiger partial charge on any atom is 0.250 e. The van der Waals surface area contributed by atoms with E-state index in [-0.39, 0.29) is 36.0 Å². The minimum absolute atomic E-state index is 0.0552. The third-order valence-corrected chi connectivity index (χ3v) is 8.00. The van der Waals surface area contributed by atoms with Crippen molar-refractivity contribution < 1.29 is 14.4 Å². The number of carbonyl (C=O) groups is 3. The quantitative estimate of drug-likeness (QED) is 0.315. The molecule has 0 saturated carbocycles. The second kappa shape index (κ2) is 14.6. The summed E-state index contributed by atoms with van der Waals surface area (Å²) in [6.45, 7) is 6.14. The van der Waals surface area contributed by atoms with Gasteiger partial charge in [0, 0.05) is 37.8 Å². The number of nitrogens with one attached hydrogen (secondary N) is 3. The molecule has 0 aromatic carbocycles. The Morgan fingerprint density at radius 2 is 1.85 bits per heavy atom. The van der Waals surface area contributed by atoms with Crippen molar-refractivity contribution in [1.82, 2.24) is 25.7 Å². The number of anilines is 2. The molecule has 3 amide bonds. The first-order valence-electron chi connectivity index (χ1n) is 14.0. The minimum atomic E-state index is -0.177. The topological polar surface area (TPSA) is 139 Å². The van der Waals surface area contributed by atoms with Crippen molar-refractivity contribution in [1.29, 1.82) is 0 Å². The van der Waals surface area contributed by atoms with Gasteiger partial charge in [-0.15, -0.1) is 15.3 Å². The average molecular weight is 576 g/mol. The van der Waals surface area contributed by atoms with Gasteiger partial charge in [-0.1, -0.05) is 67.2 Å². The first-order chi connectivity index (χ1) is 19.8. The maximum absolute atomic E-state index is 12.8. The summed E-state index contributed by atoms with van der Waals surface area (Å²) in [7, 11) is 0. The summed E-state index contributed by atoms with van der Waals surface area (Å²) >= 11 is 1.39. The molecule has 11 heteroatoms. The molecule has 4 rings (SSSR count). The highest BCUT2D eigenvalue weighted by Gasteiger charge is 2.24. The number of hydrogen-bond donors (Lipinski definition) is 3. The van der Waals surface area contributed by atoms with Crippen LogP contribution in [0.15, 0.2) is 59.7 Å². The highest BCUT2D eigenvalue weighted by molar-refractivity contribution is 7.15. The van der Waals surface area contributed by atoms with Crippen LogP contribution in [0, 0.1) is 17.8 Å². The molecule has 0 spiro atoms. The zero-order chi connectivity index (χ0) is 29.2. The fourth-order valence-corrected chi connectivity index (χ4v) is 5.56. The Morgan fingerprint density at radius 3 is 2.61 bits per heavy atom. The molecule has 41 heavy (non-hydrogen) atoms. The highest BCUT2D eigenvalue weighted by Crippen LogP contribution is 2.29. The van der Waals surface area contributed by atoms with Gasteiger partial charge in [0.15, 0.2) is 5.82 Å². The predicted octanol–water partition coefficient (Wildman–Crippen LogP) is 4.57. The van der Waals surface area contributed by atoms with Gasteiger partial charge >= 0.3 is 0 Å². The van der Waals surface area contributed by atoms with Gasteiger partial charge in [-0.25, -0.2) is 0 Å². The van der Waals surface area contributed by atoms with Crippen molar-refractivity contribution in [3.8, 4) is 0 Å². The predicted molar refractivity (Wildman–Crippen MR) is 160 cm³/mol. The molecule has 0 saturated heterocycles. The van der Waals surface area contributed by atoms with Gasteiger partial charge in [-0.2, -0.15) is 5.10 Å². The molecule has 0 fully saturated rings. The van der Waals surface area contributed by atoms with Crippen LogP contribution in [0.3, 0.4) is 0 Å². The molecule has 0 bridgehead atoms. The van der Waals surface area contributed by atoms with E-state index >= 15 is 0 Å². The number of allylic oxidation sites excluding steroid dienone is 4. The Hall–Kier alpha value is -3.99. The van der Waals surface area contributed by atoms with Crippen molar-refractivity contribution in [2.75, 3.05) is 17.2 Å². The van der Waals surface area contributed by atoms with Crippen molar-refractivity contribution in [2.45, 2.75) is 59.3 Å². The van der Waals surface area contributed by atoms with Gasteiger partial charge in [0.1, 0.15) is 5.01 Å². The monoisotopic (exact) mass is 575 g/mol. The third-order valence-electron chi connectivity index (χ3n) is 7.10. The molecule has 0 radical (unpaired) electrons. The number of aromatic nitrogens is 4. The summed E-state index contributed by atoms with van der Waals surface area (Å²) in [5, 5.41) is 26.4. The molecule has 2 aliphatic carbocycles. The van der Waals surface area contributed by atoms with Crippen LogP contribution in [-0.4, -0.2) is 44.7 Å². The number of rotatable bonds is 12. The molecule has 2 aromatic heterocycles. The third kappa shape index (κ3) is 9.28. The Kier molecular flexibility index (Phi) is 10.7. The zero-order valence-corrected chi connectivity index (χ0v) is 24.5. The van der Waals surface area contributed by atoms with Crippen molar-refractivity contribution in [3.05, 3.63) is 70.4 Å². The van der Waals surface area contributed by atoms with E-state index in [0.29, 0.717) is 29.0 Å². The number of aryl methyl sites for hydroxylation is 2. The van der Waals surface area contributed by atoms with E-state index in [1.807, 2.05) is 36.4 Å². The molecule has 3 unspecified atom stereocenters.